The highest BCUT2D eigenvalue weighted by Crippen LogP contribution is 2.39. The SMILES string of the molecule is COC(=O)CNCC1OCC(OCc2ccccc2)(n2cnc3c(N)ncnc32)C1OCc1ccccc1. The highest BCUT2D eigenvalue weighted by Gasteiger charge is 2.54. The van der Waals surface area contributed by atoms with Crippen LogP contribution in [0.1, 0.15) is 11.1 Å². The second kappa shape index (κ2) is 11.7. The van der Waals surface area contributed by atoms with Gasteiger partial charge in [0.15, 0.2) is 17.2 Å². The molecule has 0 aliphatic carbocycles. The third kappa shape index (κ3) is 5.36. The smallest absolute Gasteiger partial charge is 0.319 e. The van der Waals surface area contributed by atoms with Crippen LogP contribution >= 0.6 is 0 Å². The lowest BCUT2D eigenvalue weighted by atomic mass is 10.0. The molecule has 4 aromatic rings. The Bertz CT molecular complexity index is 1350. The summed E-state index contributed by atoms with van der Waals surface area (Å²) in [6.45, 7) is 1.13. The number of benzene rings is 2. The predicted octanol–water partition coefficient (Wildman–Crippen LogP) is 2.02. The van der Waals surface area contributed by atoms with E-state index in [0.29, 0.717) is 24.3 Å². The molecule has 3 unspecified atom stereocenters. The van der Waals surface area contributed by atoms with Gasteiger partial charge in [0.1, 0.15) is 24.1 Å². The summed E-state index contributed by atoms with van der Waals surface area (Å²) in [4.78, 5) is 24.7. The number of carbonyl (C=O) groups excluding carboxylic acids is 1. The number of carbonyl (C=O) groups is 1. The van der Waals surface area contributed by atoms with Crippen molar-refractivity contribution in [1.82, 2.24) is 24.8 Å². The van der Waals surface area contributed by atoms with E-state index in [9.17, 15) is 4.79 Å². The number of hydrogen-bond donors (Lipinski definition) is 2. The molecule has 2 aromatic carbocycles. The Balaban J connectivity index is 1.52. The Morgan fingerprint density at radius 3 is 2.50 bits per heavy atom. The first-order valence-electron chi connectivity index (χ1n) is 12.3. The molecule has 3 atom stereocenters. The van der Waals surface area contributed by atoms with Crippen molar-refractivity contribution in [3.63, 3.8) is 0 Å². The van der Waals surface area contributed by atoms with Gasteiger partial charge < -0.3 is 30.0 Å². The van der Waals surface area contributed by atoms with Crippen molar-refractivity contribution in [2.24, 2.45) is 0 Å². The first kappa shape index (κ1) is 25.7. The standard InChI is InChI=1S/C27H30N6O5/c1-35-22(34)13-29-12-21-24(36-14-19-8-4-2-5-9-19)27(16-37-21,38-15-20-10-6-3-7-11-20)33-18-32-23-25(28)30-17-31-26(23)33/h2-11,17-18,21,24,29H,12-16H2,1H3,(H2,28,30,31). The summed E-state index contributed by atoms with van der Waals surface area (Å²) in [5, 5.41) is 3.10. The second-order valence-corrected chi connectivity index (χ2v) is 8.94. The number of anilines is 1. The lowest BCUT2D eigenvalue weighted by Gasteiger charge is -2.36. The van der Waals surface area contributed by atoms with Crippen LogP contribution in [0.15, 0.2) is 73.3 Å². The van der Waals surface area contributed by atoms with E-state index in [-0.39, 0.29) is 31.5 Å². The van der Waals surface area contributed by atoms with Gasteiger partial charge in [-0.3, -0.25) is 9.36 Å². The van der Waals surface area contributed by atoms with Crippen LogP contribution in [0, 0.1) is 0 Å². The molecule has 0 radical (unpaired) electrons. The van der Waals surface area contributed by atoms with Crippen molar-refractivity contribution in [2.45, 2.75) is 31.1 Å². The zero-order chi connectivity index (χ0) is 26.4. The van der Waals surface area contributed by atoms with E-state index in [1.54, 1.807) is 6.33 Å². The maximum absolute atomic E-state index is 11.7. The minimum atomic E-state index is -1.14. The molecule has 0 amide bonds. The molecule has 0 saturated carbocycles. The van der Waals surface area contributed by atoms with Crippen LogP contribution in [0.25, 0.3) is 11.2 Å². The summed E-state index contributed by atoms with van der Waals surface area (Å²) in [6, 6.07) is 19.7. The van der Waals surface area contributed by atoms with Crippen LogP contribution < -0.4 is 11.1 Å². The van der Waals surface area contributed by atoms with Crippen molar-refractivity contribution in [1.29, 1.82) is 0 Å². The van der Waals surface area contributed by atoms with Gasteiger partial charge in [-0.05, 0) is 11.1 Å². The third-order valence-electron chi connectivity index (χ3n) is 6.50. The van der Waals surface area contributed by atoms with E-state index in [0.717, 1.165) is 11.1 Å². The number of esters is 1. The highest BCUT2D eigenvalue weighted by molar-refractivity contribution is 5.81. The molecule has 3 N–H and O–H groups in total. The van der Waals surface area contributed by atoms with Crippen molar-refractivity contribution in [3.8, 4) is 0 Å². The Morgan fingerprint density at radius 2 is 1.79 bits per heavy atom. The Labute approximate surface area is 219 Å². The van der Waals surface area contributed by atoms with E-state index >= 15 is 0 Å². The minimum absolute atomic E-state index is 0.0391. The summed E-state index contributed by atoms with van der Waals surface area (Å²) in [5.41, 5.74) is 7.91. The summed E-state index contributed by atoms with van der Waals surface area (Å²) in [7, 11) is 1.35. The van der Waals surface area contributed by atoms with Gasteiger partial charge in [0, 0.05) is 6.54 Å². The quantitative estimate of drug-likeness (QED) is 0.284. The number of nitrogens with one attached hydrogen (secondary N) is 1. The average Bonchev–Trinajstić information content (AvgIpc) is 3.55. The number of nitrogens with two attached hydrogens (primary N) is 1. The Morgan fingerprint density at radius 1 is 1.08 bits per heavy atom. The van der Waals surface area contributed by atoms with Gasteiger partial charge in [0.25, 0.3) is 0 Å². The van der Waals surface area contributed by atoms with Gasteiger partial charge >= 0.3 is 5.97 Å². The Kier molecular flexibility index (Phi) is 7.89. The number of methoxy groups -OCH3 is 1. The number of hydrogen-bond acceptors (Lipinski definition) is 10. The van der Waals surface area contributed by atoms with Gasteiger partial charge in [-0.1, -0.05) is 60.7 Å². The second-order valence-electron chi connectivity index (χ2n) is 8.94. The van der Waals surface area contributed by atoms with Crippen LogP contribution in [0.2, 0.25) is 0 Å². The molecule has 3 heterocycles. The van der Waals surface area contributed by atoms with Gasteiger partial charge in [-0.15, -0.1) is 0 Å². The molecule has 0 spiro atoms. The molecule has 198 valence electrons. The molecule has 2 aromatic heterocycles. The summed E-state index contributed by atoms with van der Waals surface area (Å²) in [5.74, 6) is -0.104. The van der Waals surface area contributed by atoms with Gasteiger partial charge in [-0.25, -0.2) is 15.0 Å². The maximum atomic E-state index is 11.7. The van der Waals surface area contributed by atoms with E-state index in [2.05, 4.69) is 20.3 Å². The fraction of sp³-hybridized carbons (Fsp3) is 0.333. The van der Waals surface area contributed by atoms with Crippen LogP contribution in [0.4, 0.5) is 5.82 Å². The molecule has 1 saturated heterocycles. The van der Waals surface area contributed by atoms with Gasteiger partial charge in [-0.2, -0.15) is 0 Å². The zero-order valence-corrected chi connectivity index (χ0v) is 21.0. The van der Waals surface area contributed by atoms with E-state index in [1.165, 1.54) is 13.4 Å². The normalized spacial score (nSPS) is 21.1. The molecule has 11 heteroatoms. The largest absolute Gasteiger partial charge is 0.468 e. The maximum Gasteiger partial charge on any atom is 0.319 e. The fourth-order valence-corrected chi connectivity index (χ4v) is 4.55. The molecule has 38 heavy (non-hydrogen) atoms. The average molecular weight is 519 g/mol. The summed E-state index contributed by atoms with van der Waals surface area (Å²) < 4.78 is 26.1. The third-order valence-corrected chi connectivity index (χ3v) is 6.50. The van der Waals surface area contributed by atoms with Crippen molar-refractivity contribution >= 4 is 23.0 Å². The molecule has 0 bridgehead atoms. The van der Waals surface area contributed by atoms with Crippen molar-refractivity contribution in [3.05, 3.63) is 84.4 Å². The molecule has 1 fully saturated rings. The number of rotatable bonds is 11. The monoisotopic (exact) mass is 518 g/mol. The molecule has 1 aliphatic rings. The lowest BCUT2D eigenvalue weighted by molar-refractivity contribution is -0.185. The number of nitrogens with zero attached hydrogens (tertiary/aromatic N) is 4. The first-order valence-corrected chi connectivity index (χ1v) is 12.3. The number of aromatic nitrogens is 4. The van der Waals surface area contributed by atoms with Gasteiger partial charge in [0.05, 0.1) is 39.8 Å². The number of fused-ring (bicyclic) bond motifs is 1. The topological polar surface area (TPSA) is 136 Å². The minimum Gasteiger partial charge on any atom is -0.468 e. The van der Waals surface area contributed by atoms with Gasteiger partial charge in [0.2, 0.25) is 0 Å². The number of nitrogen functional groups attached to an aromatic ring is 1. The van der Waals surface area contributed by atoms with E-state index in [1.807, 2.05) is 65.2 Å². The van der Waals surface area contributed by atoms with E-state index < -0.39 is 17.9 Å². The summed E-state index contributed by atoms with van der Waals surface area (Å²) >= 11 is 0. The van der Waals surface area contributed by atoms with Crippen molar-refractivity contribution in [2.75, 3.05) is 32.5 Å². The lowest BCUT2D eigenvalue weighted by Crippen LogP contribution is -2.51. The summed E-state index contributed by atoms with van der Waals surface area (Å²) in [6.07, 6.45) is 1.96. The molecule has 5 rings (SSSR count). The number of ether oxygens (including phenoxy) is 4. The highest BCUT2D eigenvalue weighted by atomic mass is 16.6. The predicted molar refractivity (Wildman–Crippen MR) is 139 cm³/mol. The number of imidazole rings is 1. The van der Waals surface area contributed by atoms with Crippen LogP contribution in [0.5, 0.6) is 0 Å². The molecular weight excluding hydrogens is 488 g/mol. The van der Waals surface area contributed by atoms with Crippen LogP contribution in [-0.2, 0) is 42.7 Å². The zero-order valence-electron chi connectivity index (χ0n) is 21.0. The Hall–Kier alpha value is -3.90. The van der Waals surface area contributed by atoms with Crippen LogP contribution in [-0.4, -0.2) is 64.5 Å². The molecular formula is C27H30N6O5. The van der Waals surface area contributed by atoms with E-state index in [4.69, 9.17) is 24.7 Å². The first-order chi connectivity index (χ1) is 18.6. The fourth-order valence-electron chi connectivity index (χ4n) is 4.55. The van der Waals surface area contributed by atoms with Crippen molar-refractivity contribution < 1.29 is 23.7 Å². The van der Waals surface area contributed by atoms with Crippen LogP contribution in [0.3, 0.4) is 0 Å². The molecule has 11 nitrogen and oxygen atoms in total. The molecule has 1 aliphatic heterocycles.